The van der Waals surface area contributed by atoms with Crippen molar-refractivity contribution in [2.45, 2.75) is 11.3 Å². The van der Waals surface area contributed by atoms with Crippen molar-refractivity contribution in [3.63, 3.8) is 0 Å². The summed E-state index contributed by atoms with van der Waals surface area (Å²) in [5.74, 6) is -3.29. The number of benzene rings is 2. The molecule has 0 saturated carbocycles. The number of sulfone groups is 1. The number of hydrogen-bond acceptors (Lipinski definition) is 3. The van der Waals surface area contributed by atoms with E-state index < -0.39 is 38.6 Å². The van der Waals surface area contributed by atoms with Crippen molar-refractivity contribution in [3.8, 4) is 22.5 Å². The Balaban J connectivity index is 2.24. The zero-order valence-electron chi connectivity index (χ0n) is 13.3. The minimum absolute atomic E-state index is 0.107. The molecule has 4 nitrogen and oxygen atoms in total. The van der Waals surface area contributed by atoms with E-state index in [9.17, 15) is 26.0 Å². The molecular formula is C17H12F4N2O2S. The third-order valence-corrected chi connectivity index (χ3v) is 4.77. The molecule has 0 saturated heterocycles. The predicted molar refractivity (Wildman–Crippen MR) is 87.4 cm³/mol. The van der Waals surface area contributed by atoms with Gasteiger partial charge in [0, 0.05) is 17.4 Å². The predicted octanol–water partition coefficient (Wildman–Crippen LogP) is 4.36. The molecular weight excluding hydrogens is 372 g/mol. The highest BCUT2D eigenvalue weighted by molar-refractivity contribution is 7.90. The second-order valence-electron chi connectivity index (χ2n) is 5.55. The largest absolute Gasteiger partial charge is 0.337 e. The number of alkyl halides is 2. The maximum Gasteiger partial charge on any atom is 0.295 e. The lowest BCUT2D eigenvalue weighted by Crippen LogP contribution is -2.05. The Hall–Kier alpha value is -2.68. The standard InChI is InChI=1S/C17H12F4N2O2S/c1-26(24,25)15-11(18)7-10(8-12(15)19)14-13(9-5-3-2-4-6-9)22-17(23-14)16(20)21/h2-8,16H,1H3,(H,22,23). The molecule has 0 amide bonds. The van der Waals surface area contributed by atoms with Gasteiger partial charge in [-0.3, -0.25) is 0 Å². The van der Waals surface area contributed by atoms with E-state index in [4.69, 9.17) is 0 Å². The van der Waals surface area contributed by atoms with Crippen molar-refractivity contribution in [2.75, 3.05) is 6.26 Å². The first kappa shape index (κ1) is 18.1. The lowest BCUT2D eigenvalue weighted by molar-refractivity contribution is 0.141. The SMILES string of the molecule is CS(=O)(=O)c1c(F)cc(-c2nc(C(F)F)[nH]c2-c2ccccc2)cc1F. The number of nitrogens with zero attached hydrogens (tertiary/aromatic N) is 1. The molecule has 0 spiro atoms. The average molecular weight is 384 g/mol. The highest BCUT2D eigenvalue weighted by atomic mass is 32.2. The van der Waals surface area contributed by atoms with Crippen LogP contribution >= 0.6 is 0 Å². The molecule has 0 aliphatic rings. The van der Waals surface area contributed by atoms with Crippen LogP contribution in [0, 0.1) is 11.6 Å². The van der Waals surface area contributed by atoms with Crippen LogP contribution in [-0.2, 0) is 9.84 Å². The summed E-state index contributed by atoms with van der Waals surface area (Å²) in [6.45, 7) is 0. The topological polar surface area (TPSA) is 62.8 Å². The minimum Gasteiger partial charge on any atom is -0.337 e. The number of H-pyrrole nitrogens is 1. The van der Waals surface area contributed by atoms with Gasteiger partial charge < -0.3 is 4.98 Å². The molecule has 1 N–H and O–H groups in total. The van der Waals surface area contributed by atoms with Crippen LogP contribution in [-0.4, -0.2) is 24.6 Å². The first-order valence-corrected chi connectivity index (χ1v) is 9.20. The maximum absolute atomic E-state index is 14.2. The molecule has 3 aromatic rings. The van der Waals surface area contributed by atoms with Gasteiger partial charge >= 0.3 is 0 Å². The molecule has 136 valence electrons. The van der Waals surface area contributed by atoms with Crippen molar-refractivity contribution in [3.05, 3.63) is 59.9 Å². The summed E-state index contributed by atoms with van der Waals surface area (Å²) in [4.78, 5) is 5.12. The summed E-state index contributed by atoms with van der Waals surface area (Å²) in [5.41, 5.74) is 0.362. The van der Waals surface area contributed by atoms with E-state index >= 15 is 0 Å². The van der Waals surface area contributed by atoms with Crippen molar-refractivity contribution in [2.24, 2.45) is 0 Å². The number of imidazole rings is 1. The molecule has 0 radical (unpaired) electrons. The van der Waals surface area contributed by atoms with Crippen molar-refractivity contribution < 1.29 is 26.0 Å². The van der Waals surface area contributed by atoms with Gasteiger partial charge in [0.1, 0.15) is 16.5 Å². The Morgan fingerprint density at radius 2 is 1.58 bits per heavy atom. The fourth-order valence-electron chi connectivity index (χ4n) is 2.57. The Morgan fingerprint density at radius 1 is 1.00 bits per heavy atom. The molecule has 0 unspecified atom stereocenters. The van der Waals surface area contributed by atoms with Gasteiger partial charge in [0.25, 0.3) is 6.43 Å². The molecule has 0 fully saturated rings. The van der Waals surface area contributed by atoms with Crippen molar-refractivity contribution in [1.29, 1.82) is 0 Å². The monoisotopic (exact) mass is 384 g/mol. The van der Waals surface area contributed by atoms with Gasteiger partial charge in [-0.2, -0.15) is 0 Å². The molecule has 0 atom stereocenters. The highest BCUT2D eigenvalue weighted by Crippen LogP contribution is 2.34. The van der Waals surface area contributed by atoms with Gasteiger partial charge in [0.15, 0.2) is 15.7 Å². The van der Waals surface area contributed by atoms with Gasteiger partial charge in [-0.25, -0.2) is 31.0 Å². The Labute approximate surface area is 146 Å². The normalized spacial score (nSPS) is 11.9. The summed E-state index contributed by atoms with van der Waals surface area (Å²) in [6, 6.07) is 9.79. The Morgan fingerprint density at radius 3 is 2.08 bits per heavy atom. The average Bonchev–Trinajstić information content (AvgIpc) is 2.99. The molecule has 0 aliphatic heterocycles. The van der Waals surface area contributed by atoms with Crippen LogP contribution in [0.15, 0.2) is 47.4 Å². The summed E-state index contributed by atoms with van der Waals surface area (Å²) in [6.07, 6.45) is -2.25. The molecule has 1 aromatic heterocycles. The van der Waals surface area contributed by atoms with Crippen molar-refractivity contribution >= 4 is 9.84 Å². The van der Waals surface area contributed by atoms with Gasteiger partial charge in [-0.05, 0) is 12.1 Å². The van der Waals surface area contributed by atoms with E-state index in [2.05, 4.69) is 9.97 Å². The Bertz CT molecular complexity index is 1040. The number of rotatable bonds is 4. The van der Waals surface area contributed by atoms with Crippen LogP contribution in [0.25, 0.3) is 22.5 Å². The first-order valence-electron chi connectivity index (χ1n) is 7.31. The zero-order valence-corrected chi connectivity index (χ0v) is 14.1. The summed E-state index contributed by atoms with van der Waals surface area (Å²) in [7, 11) is -4.13. The van der Waals surface area contributed by atoms with Gasteiger partial charge in [-0.1, -0.05) is 30.3 Å². The number of hydrogen-bond donors (Lipinski definition) is 1. The lowest BCUT2D eigenvalue weighted by atomic mass is 10.0. The van der Waals surface area contributed by atoms with E-state index in [1.54, 1.807) is 30.3 Å². The number of halogens is 4. The third kappa shape index (κ3) is 3.34. The summed E-state index contributed by atoms with van der Waals surface area (Å²) >= 11 is 0. The molecule has 9 heteroatoms. The molecule has 3 rings (SSSR count). The highest BCUT2D eigenvalue weighted by Gasteiger charge is 2.24. The van der Waals surface area contributed by atoms with E-state index in [1.165, 1.54) is 0 Å². The molecule has 2 aromatic carbocycles. The van der Waals surface area contributed by atoms with Crippen LogP contribution in [0.5, 0.6) is 0 Å². The lowest BCUT2D eigenvalue weighted by Gasteiger charge is -2.07. The second-order valence-corrected chi connectivity index (χ2v) is 7.51. The van der Waals surface area contributed by atoms with E-state index in [-0.39, 0.29) is 17.0 Å². The maximum atomic E-state index is 14.2. The van der Waals surface area contributed by atoms with Crippen molar-refractivity contribution in [1.82, 2.24) is 9.97 Å². The second kappa shape index (κ2) is 6.56. The smallest absolute Gasteiger partial charge is 0.295 e. The van der Waals surface area contributed by atoms with E-state index in [1.807, 2.05) is 0 Å². The fourth-order valence-corrected chi connectivity index (χ4v) is 3.39. The van der Waals surface area contributed by atoms with Gasteiger partial charge in [0.05, 0.1) is 11.4 Å². The van der Waals surface area contributed by atoms with Gasteiger partial charge in [0.2, 0.25) is 0 Å². The molecule has 1 heterocycles. The molecule has 0 bridgehead atoms. The van der Waals surface area contributed by atoms with E-state index in [0.717, 1.165) is 12.1 Å². The first-order chi connectivity index (χ1) is 12.2. The molecule has 26 heavy (non-hydrogen) atoms. The summed E-state index contributed by atoms with van der Waals surface area (Å²) in [5, 5.41) is 0. The number of nitrogens with one attached hydrogen (secondary N) is 1. The quantitative estimate of drug-likeness (QED) is 0.680. The Kier molecular flexibility index (Phi) is 4.57. The van der Waals surface area contributed by atoms with Crippen LogP contribution in [0.1, 0.15) is 12.2 Å². The van der Waals surface area contributed by atoms with Gasteiger partial charge in [-0.15, -0.1) is 0 Å². The number of aromatic nitrogens is 2. The van der Waals surface area contributed by atoms with Crippen LogP contribution in [0.4, 0.5) is 17.6 Å². The summed E-state index contributed by atoms with van der Waals surface area (Å²) < 4.78 is 77.5. The third-order valence-electron chi connectivity index (χ3n) is 3.63. The van der Waals surface area contributed by atoms with E-state index in [0.29, 0.717) is 11.8 Å². The van der Waals surface area contributed by atoms with Crippen LogP contribution in [0.2, 0.25) is 0 Å². The fraction of sp³-hybridized carbons (Fsp3) is 0.118. The molecule has 0 aliphatic carbocycles. The minimum atomic E-state index is -4.13. The van der Waals surface area contributed by atoms with Crippen LogP contribution in [0.3, 0.4) is 0 Å². The number of aromatic amines is 1. The van der Waals surface area contributed by atoms with Crippen LogP contribution < -0.4 is 0 Å². The zero-order chi connectivity index (χ0) is 19.1.